The fourth-order valence-electron chi connectivity index (χ4n) is 4.50. The van der Waals surface area contributed by atoms with Crippen LogP contribution in [0.5, 0.6) is 5.75 Å². The van der Waals surface area contributed by atoms with Gasteiger partial charge in [0.1, 0.15) is 23.7 Å². The third-order valence-electron chi connectivity index (χ3n) is 6.38. The number of likely N-dealkylation sites (tertiary alicyclic amines) is 1. The Balaban J connectivity index is 1.25. The van der Waals surface area contributed by atoms with Crippen molar-refractivity contribution in [1.29, 1.82) is 0 Å². The average Bonchev–Trinajstić information content (AvgIpc) is 3.42. The zero-order valence-electron chi connectivity index (χ0n) is 18.7. The first-order valence-electron chi connectivity index (χ1n) is 11.4. The van der Waals surface area contributed by atoms with Gasteiger partial charge in [-0.3, -0.25) is 9.78 Å². The molecule has 1 amide bonds. The summed E-state index contributed by atoms with van der Waals surface area (Å²) < 4.78 is 12.8. The Bertz CT molecular complexity index is 1250. The maximum absolute atomic E-state index is 13.4. The summed E-state index contributed by atoms with van der Waals surface area (Å²) in [6.07, 6.45) is 9.85. The number of carbonyl (C=O) groups is 1. The van der Waals surface area contributed by atoms with Crippen molar-refractivity contribution in [3.05, 3.63) is 77.6 Å². The van der Waals surface area contributed by atoms with Gasteiger partial charge >= 0.3 is 0 Å². The lowest BCUT2D eigenvalue weighted by atomic mass is 9.95. The molecule has 1 aromatic carbocycles. The summed E-state index contributed by atoms with van der Waals surface area (Å²) in [6.45, 7) is 3.50. The van der Waals surface area contributed by atoms with Gasteiger partial charge in [0.15, 0.2) is 0 Å². The third-order valence-corrected chi connectivity index (χ3v) is 6.38. The maximum atomic E-state index is 13.4. The summed E-state index contributed by atoms with van der Waals surface area (Å²) in [5.41, 5.74) is 4.18. The summed E-state index contributed by atoms with van der Waals surface area (Å²) in [7, 11) is 0. The molecule has 4 aromatic rings. The van der Waals surface area contributed by atoms with Crippen LogP contribution in [-0.2, 0) is 13.0 Å². The summed E-state index contributed by atoms with van der Waals surface area (Å²) in [4.78, 5) is 20.0. The molecule has 0 unspecified atom stereocenters. The quantitative estimate of drug-likeness (QED) is 0.444. The zero-order valence-corrected chi connectivity index (χ0v) is 18.7. The first-order chi connectivity index (χ1) is 16.2. The van der Waals surface area contributed by atoms with E-state index in [1.54, 1.807) is 0 Å². The predicted molar refractivity (Wildman–Crippen MR) is 122 cm³/mol. The van der Waals surface area contributed by atoms with Crippen LogP contribution in [0, 0.1) is 12.8 Å². The van der Waals surface area contributed by atoms with Gasteiger partial charge < -0.3 is 14.0 Å². The molecule has 33 heavy (non-hydrogen) atoms. The number of nitrogens with zero attached hydrogens (tertiary/aromatic N) is 5. The molecule has 1 fully saturated rings. The van der Waals surface area contributed by atoms with Crippen molar-refractivity contribution in [3.63, 3.8) is 0 Å². The number of rotatable bonds is 6. The van der Waals surface area contributed by atoms with Gasteiger partial charge in [-0.05, 0) is 62.8 Å². The van der Waals surface area contributed by atoms with Crippen molar-refractivity contribution in [1.82, 2.24) is 24.6 Å². The first kappa shape index (κ1) is 21.2. The largest absolute Gasteiger partial charge is 0.486 e. The van der Waals surface area contributed by atoms with E-state index in [0.29, 0.717) is 28.6 Å². The highest BCUT2D eigenvalue weighted by molar-refractivity contribution is 5.97. The third kappa shape index (κ3) is 4.60. The molecule has 4 heterocycles. The van der Waals surface area contributed by atoms with E-state index in [4.69, 9.17) is 9.37 Å². The van der Waals surface area contributed by atoms with Crippen LogP contribution in [0.3, 0.4) is 0 Å². The Morgan fingerprint density at radius 3 is 2.88 bits per heavy atom. The number of hydrogen-bond acceptors (Lipinski definition) is 6. The number of aromatic nitrogens is 4. The predicted octanol–water partition coefficient (Wildman–Crippen LogP) is 4.09. The van der Waals surface area contributed by atoms with Crippen molar-refractivity contribution in [3.8, 4) is 5.75 Å². The molecule has 0 saturated carbocycles. The van der Waals surface area contributed by atoms with Gasteiger partial charge in [-0.1, -0.05) is 22.4 Å². The maximum Gasteiger partial charge on any atom is 0.257 e. The van der Waals surface area contributed by atoms with Gasteiger partial charge in [-0.2, -0.15) is 0 Å². The van der Waals surface area contributed by atoms with E-state index in [2.05, 4.69) is 25.8 Å². The molecule has 8 heteroatoms. The Morgan fingerprint density at radius 1 is 1.09 bits per heavy atom. The van der Waals surface area contributed by atoms with E-state index >= 15 is 0 Å². The Hall–Kier alpha value is -3.68. The van der Waals surface area contributed by atoms with E-state index < -0.39 is 0 Å². The van der Waals surface area contributed by atoms with Gasteiger partial charge in [-0.25, -0.2) is 4.63 Å². The molecule has 170 valence electrons. The van der Waals surface area contributed by atoms with Crippen LogP contribution in [0.1, 0.15) is 46.7 Å². The highest BCUT2D eigenvalue weighted by atomic mass is 16.6. The highest BCUT2D eigenvalue weighted by Gasteiger charge is 2.24. The molecule has 1 aliphatic rings. The number of fused-ring (bicyclic) bond motifs is 1. The van der Waals surface area contributed by atoms with Crippen molar-refractivity contribution in [2.24, 2.45) is 5.92 Å². The minimum atomic E-state index is 0.00747. The molecule has 5 rings (SSSR count). The number of amides is 1. The lowest BCUT2D eigenvalue weighted by Crippen LogP contribution is -2.32. The summed E-state index contributed by atoms with van der Waals surface area (Å²) >= 11 is 0. The first-order valence-corrected chi connectivity index (χ1v) is 11.4. The van der Waals surface area contributed by atoms with Gasteiger partial charge in [0, 0.05) is 31.7 Å². The number of ether oxygens (including phenoxy) is 1. The van der Waals surface area contributed by atoms with Crippen LogP contribution in [0.25, 0.3) is 5.52 Å². The van der Waals surface area contributed by atoms with Gasteiger partial charge in [0.05, 0.1) is 16.8 Å². The second-order valence-corrected chi connectivity index (χ2v) is 8.55. The van der Waals surface area contributed by atoms with Crippen LogP contribution < -0.4 is 4.74 Å². The summed E-state index contributed by atoms with van der Waals surface area (Å²) in [5.74, 6) is 1.06. The Labute approximate surface area is 192 Å². The van der Waals surface area contributed by atoms with Crippen molar-refractivity contribution >= 4 is 11.4 Å². The minimum absolute atomic E-state index is 0.00747. The number of benzene rings is 1. The van der Waals surface area contributed by atoms with Gasteiger partial charge in [-0.15, -0.1) is 0 Å². The lowest BCUT2D eigenvalue weighted by molar-refractivity contribution is 0.0755. The van der Waals surface area contributed by atoms with E-state index in [9.17, 15) is 4.79 Å². The molecular weight excluding hydrogens is 418 g/mol. The number of para-hydroxylation sites is 1. The molecule has 8 nitrogen and oxygen atoms in total. The molecule has 0 aliphatic carbocycles. The average molecular weight is 446 g/mol. The molecule has 3 aromatic heterocycles. The standard InChI is InChI=1S/C25H27N5O3/c1-18-22(28-33-27-18)17-32-24-9-3-2-7-20(24)25(31)30-13-4-6-19(10-14-30)16-21-23-8-5-12-29(23)15-11-26-21/h2-3,5,7-9,11-12,15,19H,4,6,10,13-14,16-17H2,1H3/t19-/m1/s1. The molecule has 1 saturated heterocycles. The monoisotopic (exact) mass is 445 g/mol. The summed E-state index contributed by atoms with van der Waals surface area (Å²) in [6, 6.07) is 11.5. The van der Waals surface area contributed by atoms with Crippen LogP contribution >= 0.6 is 0 Å². The van der Waals surface area contributed by atoms with Crippen molar-refractivity contribution < 1.29 is 14.2 Å². The molecule has 1 atom stereocenters. The second kappa shape index (κ2) is 9.44. The van der Waals surface area contributed by atoms with E-state index in [1.165, 1.54) is 5.52 Å². The van der Waals surface area contributed by atoms with Crippen molar-refractivity contribution in [2.45, 2.75) is 39.2 Å². The molecule has 0 radical (unpaired) electrons. The van der Waals surface area contributed by atoms with Crippen LogP contribution in [0.2, 0.25) is 0 Å². The van der Waals surface area contributed by atoms with Gasteiger partial charge in [0.2, 0.25) is 0 Å². The van der Waals surface area contributed by atoms with E-state index in [-0.39, 0.29) is 12.5 Å². The zero-order chi connectivity index (χ0) is 22.6. The van der Waals surface area contributed by atoms with Crippen molar-refractivity contribution in [2.75, 3.05) is 13.1 Å². The van der Waals surface area contributed by atoms with Gasteiger partial charge in [0.25, 0.3) is 5.91 Å². The molecular formula is C25H27N5O3. The molecule has 0 spiro atoms. The van der Waals surface area contributed by atoms with E-state index in [0.717, 1.165) is 44.5 Å². The SMILES string of the molecule is Cc1nonc1COc1ccccc1C(=O)N1CCC[C@@H](Cc2nccn3cccc23)CC1. The second-order valence-electron chi connectivity index (χ2n) is 8.55. The Kier molecular flexibility index (Phi) is 6.06. The number of aryl methyl sites for hydroxylation is 1. The lowest BCUT2D eigenvalue weighted by Gasteiger charge is -2.22. The smallest absolute Gasteiger partial charge is 0.257 e. The van der Waals surface area contributed by atoms with Crippen LogP contribution in [-0.4, -0.2) is 43.6 Å². The Morgan fingerprint density at radius 2 is 2.00 bits per heavy atom. The van der Waals surface area contributed by atoms with Crippen LogP contribution in [0.4, 0.5) is 0 Å². The normalized spacial score (nSPS) is 16.6. The molecule has 0 bridgehead atoms. The topological polar surface area (TPSA) is 85.8 Å². The number of carbonyl (C=O) groups excluding carboxylic acids is 1. The van der Waals surface area contributed by atoms with E-state index in [1.807, 2.05) is 60.7 Å². The summed E-state index contributed by atoms with van der Waals surface area (Å²) in [5, 5.41) is 7.63. The molecule has 0 N–H and O–H groups in total. The van der Waals surface area contributed by atoms with Crippen LogP contribution in [0.15, 0.2) is 59.6 Å². The highest BCUT2D eigenvalue weighted by Crippen LogP contribution is 2.26. The fourth-order valence-corrected chi connectivity index (χ4v) is 4.50. The number of hydrogen-bond donors (Lipinski definition) is 0. The fraction of sp³-hybridized carbons (Fsp3) is 0.360. The molecule has 1 aliphatic heterocycles. The minimum Gasteiger partial charge on any atom is -0.486 e.